The molecule has 55 heavy (non-hydrogen) atoms. The minimum absolute atomic E-state index is 0.000743. The number of hydrogen-bond acceptors (Lipinski definition) is 10. The molecule has 0 unspecified atom stereocenters. The van der Waals surface area contributed by atoms with Gasteiger partial charge in [-0.3, -0.25) is 4.79 Å². The maximum atomic E-state index is 13.3. The van der Waals surface area contributed by atoms with Crippen LogP contribution in [-0.2, 0) is 9.53 Å². The van der Waals surface area contributed by atoms with Crippen molar-refractivity contribution in [3.63, 3.8) is 0 Å². The van der Waals surface area contributed by atoms with Gasteiger partial charge in [0, 0.05) is 67.9 Å². The number of halogens is 3. The molecule has 6 rings (SSSR count). The highest BCUT2D eigenvalue weighted by molar-refractivity contribution is 5.71. The Labute approximate surface area is 321 Å². The molecule has 4 aromatic rings. The Balaban J connectivity index is 0.000000212. The summed E-state index contributed by atoms with van der Waals surface area (Å²) in [6.07, 6.45) is 2.75. The lowest BCUT2D eigenvalue weighted by molar-refractivity contribution is -0.155. The summed E-state index contributed by atoms with van der Waals surface area (Å²) < 4.78 is 60.4. The minimum atomic E-state index is -2.52. The van der Waals surface area contributed by atoms with Gasteiger partial charge >= 0.3 is 5.97 Å². The molecule has 13 heteroatoms. The normalized spacial score (nSPS) is 18.0. The molecule has 0 radical (unpaired) electrons. The fraction of sp³-hybridized carbons (Fsp3) is 0.452. The van der Waals surface area contributed by atoms with Crippen molar-refractivity contribution in [2.24, 2.45) is 5.73 Å². The molecule has 0 spiro atoms. The summed E-state index contributed by atoms with van der Waals surface area (Å²) in [5, 5.41) is 0. The van der Waals surface area contributed by atoms with E-state index in [1.54, 1.807) is 12.3 Å². The highest BCUT2D eigenvalue weighted by atomic mass is 19.3. The quantitative estimate of drug-likeness (QED) is 0.106. The zero-order chi connectivity index (χ0) is 39.5. The molecule has 2 aliphatic rings. The molecule has 0 bridgehead atoms. The second-order valence-corrected chi connectivity index (χ2v) is 15.0. The molecule has 10 nitrogen and oxygen atoms in total. The third-order valence-electron chi connectivity index (χ3n) is 9.16. The second kappa shape index (κ2) is 19.0. The summed E-state index contributed by atoms with van der Waals surface area (Å²) in [7, 11) is 0. The number of alkyl halides is 2. The first-order valence-corrected chi connectivity index (χ1v) is 18.7. The molecule has 0 aliphatic carbocycles. The molecule has 0 amide bonds. The van der Waals surface area contributed by atoms with Crippen LogP contribution < -0.4 is 29.7 Å². The zero-order valence-electron chi connectivity index (χ0n) is 32.2. The van der Waals surface area contributed by atoms with Gasteiger partial charge in [-0.2, -0.15) is 4.39 Å². The van der Waals surface area contributed by atoms with Crippen LogP contribution in [0.4, 0.5) is 24.5 Å². The van der Waals surface area contributed by atoms with Crippen LogP contribution in [0.2, 0.25) is 0 Å². The Morgan fingerprint density at radius 3 is 1.85 bits per heavy atom. The third-order valence-corrected chi connectivity index (χ3v) is 9.16. The topological polar surface area (TPSA) is 112 Å². The van der Waals surface area contributed by atoms with Crippen LogP contribution in [0.3, 0.4) is 0 Å². The van der Waals surface area contributed by atoms with Gasteiger partial charge in [0.15, 0.2) is 6.61 Å². The summed E-state index contributed by atoms with van der Waals surface area (Å²) in [4.78, 5) is 23.8. The van der Waals surface area contributed by atoms with E-state index in [2.05, 4.69) is 19.8 Å². The number of nitrogens with two attached hydrogens (primary N) is 1. The molecule has 296 valence electrons. The number of esters is 1. The standard InChI is InChI=1S/C23H29FN2O3.C19H23F2N3O2/c1-16(13-22(27)29-23(2,3)4)17-5-7-19(8-6-17)28-20-10-12-26(15-20)18-9-11-25-21(24)14-18;1-13(22)14-2-4-16(5-3-14)26-17-7-9-24(11-17)15-6-8-23-19(10-15)25-12-18(20)21/h5-9,11,14,16,20H,10,12-13,15H2,1-4H3;2-6,8,10,13,17-18H,7,9,11-12,22H2,1H3/t16-,20-;13-,17+/m10/s1. The van der Waals surface area contributed by atoms with Crippen LogP contribution in [-0.4, -0.2) is 73.0 Å². The van der Waals surface area contributed by atoms with Crippen molar-refractivity contribution in [2.75, 3.05) is 42.6 Å². The van der Waals surface area contributed by atoms with Crippen LogP contribution in [0.5, 0.6) is 17.4 Å². The lowest BCUT2D eigenvalue weighted by atomic mass is 9.98. The van der Waals surface area contributed by atoms with Gasteiger partial charge in [0.2, 0.25) is 11.8 Å². The van der Waals surface area contributed by atoms with E-state index in [0.717, 1.165) is 59.9 Å². The van der Waals surface area contributed by atoms with Crippen LogP contribution >= 0.6 is 0 Å². The van der Waals surface area contributed by atoms with Crippen LogP contribution in [0.15, 0.2) is 85.2 Å². The van der Waals surface area contributed by atoms with Gasteiger partial charge in [0.05, 0.1) is 19.5 Å². The van der Waals surface area contributed by atoms with Crippen molar-refractivity contribution in [3.8, 4) is 17.4 Å². The van der Waals surface area contributed by atoms with E-state index >= 15 is 0 Å². The minimum Gasteiger partial charge on any atom is -0.489 e. The van der Waals surface area contributed by atoms with Gasteiger partial charge in [-0.25, -0.2) is 18.7 Å². The third kappa shape index (κ3) is 13.0. The Morgan fingerprint density at radius 1 is 0.818 bits per heavy atom. The van der Waals surface area contributed by atoms with Crippen molar-refractivity contribution in [3.05, 3.63) is 102 Å². The van der Waals surface area contributed by atoms with Crippen molar-refractivity contribution >= 4 is 17.3 Å². The van der Waals surface area contributed by atoms with Gasteiger partial charge in [-0.15, -0.1) is 0 Å². The highest BCUT2D eigenvalue weighted by Gasteiger charge is 2.26. The van der Waals surface area contributed by atoms with Crippen LogP contribution in [0, 0.1) is 5.95 Å². The van der Waals surface area contributed by atoms with Crippen molar-refractivity contribution in [1.82, 2.24) is 9.97 Å². The Bertz CT molecular complexity index is 1810. The number of pyridine rings is 2. The highest BCUT2D eigenvalue weighted by Crippen LogP contribution is 2.28. The number of ether oxygens (including phenoxy) is 4. The molecule has 4 atom stereocenters. The number of carbonyl (C=O) groups excluding carboxylic acids is 1. The second-order valence-electron chi connectivity index (χ2n) is 15.0. The van der Waals surface area contributed by atoms with Crippen LogP contribution in [0.1, 0.15) is 77.0 Å². The molecule has 2 saturated heterocycles. The summed E-state index contributed by atoms with van der Waals surface area (Å²) in [5.41, 5.74) is 9.25. The van der Waals surface area contributed by atoms with Gasteiger partial charge in [-0.05, 0) is 81.1 Å². The predicted octanol–water partition coefficient (Wildman–Crippen LogP) is 8.12. The molecule has 2 fully saturated rings. The number of aromatic nitrogens is 2. The monoisotopic (exact) mass is 763 g/mol. The maximum Gasteiger partial charge on any atom is 0.306 e. The predicted molar refractivity (Wildman–Crippen MR) is 207 cm³/mol. The number of carbonyl (C=O) groups is 1. The zero-order valence-corrected chi connectivity index (χ0v) is 32.2. The largest absolute Gasteiger partial charge is 0.489 e. The van der Waals surface area contributed by atoms with Crippen molar-refractivity contribution in [2.45, 2.75) is 90.1 Å². The van der Waals surface area contributed by atoms with Crippen molar-refractivity contribution in [1.29, 1.82) is 0 Å². The summed E-state index contributed by atoms with van der Waals surface area (Å²) in [6, 6.07) is 22.5. The summed E-state index contributed by atoms with van der Waals surface area (Å²) in [6.45, 7) is 12.0. The Kier molecular flexibility index (Phi) is 14.2. The molecule has 2 N–H and O–H groups in total. The summed E-state index contributed by atoms with van der Waals surface area (Å²) >= 11 is 0. The average Bonchev–Trinajstić information content (AvgIpc) is 3.81. The lowest BCUT2D eigenvalue weighted by Crippen LogP contribution is -2.24. The van der Waals surface area contributed by atoms with E-state index < -0.39 is 24.6 Å². The first kappa shape index (κ1) is 41.1. The van der Waals surface area contributed by atoms with E-state index in [-0.39, 0.29) is 36.0 Å². The number of rotatable bonds is 13. The fourth-order valence-corrected chi connectivity index (χ4v) is 6.39. The van der Waals surface area contributed by atoms with E-state index in [9.17, 15) is 18.0 Å². The number of benzene rings is 2. The number of anilines is 2. The number of hydrogen-bond donors (Lipinski definition) is 1. The first-order chi connectivity index (χ1) is 26.2. The first-order valence-electron chi connectivity index (χ1n) is 18.7. The fourth-order valence-electron chi connectivity index (χ4n) is 6.39. The molecule has 4 heterocycles. The smallest absolute Gasteiger partial charge is 0.306 e. The summed E-state index contributed by atoms with van der Waals surface area (Å²) in [5.74, 6) is 1.23. The molecular weight excluding hydrogens is 711 g/mol. The van der Waals surface area contributed by atoms with E-state index in [1.807, 2.05) is 95.3 Å². The molecule has 2 aliphatic heterocycles. The van der Waals surface area contributed by atoms with Gasteiger partial charge in [0.1, 0.15) is 29.3 Å². The van der Waals surface area contributed by atoms with E-state index in [0.29, 0.717) is 19.5 Å². The number of nitrogens with zero attached hydrogens (tertiary/aromatic N) is 4. The molecule has 2 aromatic heterocycles. The van der Waals surface area contributed by atoms with E-state index in [1.165, 1.54) is 12.3 Å². The van der Waals surface area contributed by atoms with Gasteiger partial charge < -0.3 is 34.5 Å². The SMILES string of the molecule is C[C@H](CC(=O)OC(C)(C)C)c1ccc(O[C@@H]2CCN(c3ccnc(F)c3)C2)cc1.C[C@H](N)c1ccc(O[C@@H]2CCN(c3ccnc(OCC(F)F)c3)C2)cc1. The van der Waals surface area contributed by atoms with E-state index in [4.69, 9.17) is 24.7 Å². The molecule has 0 saturated carbocycles. The maximum absolute atomic E-state index is 13.3. The lowest BCUT2D eigenvalue weighted by Gasteiger charge is -2.21. The average molecular weight is 764 g/mol. The Morgan fingerprint density at radius 2 is 1.35 bits per heavy atom. The molecule has 2 aromatic carbocycles. The van der Waals surface area contributed by atoms with Gasteiger partial charge in [0.25, 0.3) is 6.43 Å². The van der Waals surface area contributed by atoms with Gasteiger partial charge in [-0.1, -0.05) is 31.2 Å². The van der Waals surface area contributed by atoms with Crippen molar-refractivity contribution < 1.29 is 36.9 Å². The Hall–Kier alpha value is -5.04. The van der Waals surface area contributed by atoms with Crippen LogP contribution in [0.25, 0.3) is 0 Å². The molecular formula is C42H52F3N5O5.